The molecule has 0 spiro atoms. The maximum absolute atomic E-state index is 13.4. The largest absolute Gasteiger partial charge is 0.298 e. The predicted molar refractivity (Wildman–Crippen MR) is 63.9 cm³/mol. The van der Waals surface area contributed by atoms with Gasteiger partial charge in [-0.05, 0) is 12.1 Å². The van der Waals surface area contributed by atoms with E-state index < -0.39 is 11.6 Å². The van der Waals surface area contributed by atoms with Crippen molar-refractivity contribution in [3.05, 3.63) is 41.0 Å². The summed E-state index contributed by atoms with van der Waals surface area (Å²) in [5, 5.41) is -0.0439. The summed E-state index contributed by atoms with van der Waals surface area (Å²) in [5.74, 6) is -1.04. The SMILES string of the molecule is CC(=O)SCC=Cc1cc(F)c(C=O)cc1F. The van der Waals surface area contributed by atoms with Gasteiger partial charge >= 0.3 is 0 Å². The smallest absolute Gasteiger partial charge is 0.186 e. The number of thioether (sulfide) groups is 1. The molecule has 0 saturated heterocycles. The third kappa shape index (κ3) is 4.11. The minimum Gasteiger partial charge on any atom is -0.298 e. The van der Waals surface area contributed by atoms with Gasteiger partial charge in [-0.1, -0.05) is 23.9 Å². The lowest BCUT2D eigenvalue weighted by molar-refractivity contribution is -0.109. The van der Waals surface area contributed by atoms with Crippen LogP contribution in [0.3, 0.4) is 0 Å². The molecule has 5 heteroatoms. The Morgan fingerprint density at radius 3 is 2.47 bits per heavy atom. The third-order valence-electron chi connectivity index (χ3n) is 1.92. The second-order valence-corrected chi connectivity index (χ2v) is 4.41. The number of aldehydes is 1. The van der Waals surface area contributed by atoms with Gasteiger partial charge in [-0.15, -0.1) is 0 Å². The maximum atomic E-state index is 13.4. The van der Waals surface area contributed by atoms with E-state index in [2.05, 4.69) is 0 Å². The molecular weight excluding hydrogens is 246 g/mol. The molecule has 0 fully saturated rings. The van der Waals surface area contributed by atoms with Gasteiger partial charge in [0, 0.05) is 18.2 Å². The monoisotopic (exact) mass is 256 g/mol. The lowest BCUT2D eigenvalue weighted by Crippen LogP contribution is -1.93. The molecule has 17 heavy (non-hydrogen) atoms. The second-order valence-electron chi connectivity index (χ2n) is 3.22. The number of hydrogen-bond acceptors (Lipinski definition) is 3. The Labute approximate surface area is 102 Å². The van der Waals surface area contributed by atoms with Gasteiger partial charge in [-0.3, -0.25) is 9.59 Å². The summed E-state index contributed by atoms with van der Waals surface area (Å²) < 4.78 is 26.5. The maximum Gasteiger partial charge on any atom is 0.186 e. The molecule has 0 saturated carbocycles. The zero-order chi connectivity index (χ0) is 12.8. The van der Waals surface area contributed by atoms with E-state index in [9.17, 15) is 18.4 Å². The minimum absolute atomic E-state index is 0.0439. The van der Waals surface area contributed by atoms with Crippen LogP contribution in [0.5, 0.6) is 0 Å². The van der Waals surface area contributed by atoms with E-state index in [0.717, 1.165) is 23.9 Å². The summed E-state index contributed by atoms with van der Waals surface area (Å²) in [7, 11) is 0. The molecule has 0 N–H and O–H groups in total. The Morgan fingerprint density at radius 1 is 1.29 bits per heavy atom. The zero-order valence-electron chi connectivity index (χ0n) is 9.07. The van der Waals surface area contributed by atoms with Gasteiger partial charge in [0.2, 0.25) is 0 Å². The molecule has 1 rings (SSSR count). The molecule has 0 aliphatic carbocycles. The van der Waals surface area contributed by atoms with Crippen LogP contribution in [0, 0.1) is 11.6 Å². The highest BCUT2D eigenvalue weighted by molar-refractivity contribution is 8.13. The Balaban J connectivity index is 2.81. The Bertz CT molecular complexity index is 470. The van der Waals surface area contributed by atoms with E-state index in [1.54, 1.807) is 6.08 Å². The van der Waals surface area contributed by atoms with Crippen molar-refractivity contribution in [1.82, 2.24) is 0 Å². The van der Waals surface area contributed by atoms with Crippen molar-refractivity contribution in [1.29, 1.82) is 0 Å². The quantitative estimate of drug-likeness (QED) is 0.776. The average molecular weight is 256 g/mol. The molecule has 0 radical (unpaired) electrons. The first kappa shape index (κ1) is 13.6. The molecule has 2 nitrogen and oxygen atoms in total. The average Bonchev–Trinajstić information content (AvgIpc) is 2.28. The van der Waals surface area contributed by atoms with Gasteiger partial charge in [0.25, 0.3) is 0 Å². The van der Waals surface area contributed by atoms with E-state index >= 15 is 0 Å². The van der Waals surface area contributed by atoms with Crippen LogP contribution >= 0.6 is 11.8 Å². The van der Waals surface area contributed by atoms with Crippen molar-refractivity contribution >= 4 is 29.2 Å². The fourth-order valence-corrected chi connectivity index (χ4v) is 1.56. The van der Waals surface area contributed by atoms with E-state index in [4.69, 9.17) is 0 Å². The molecule has 0 aromatic heterocycles. The first-order chi connectivity index (χ1) is 8.04. The topological polar surface area (TPSA) is 34.1 Å². The molecule has 0 unspecified atom stereocenters. The van der Waals surface area contributed by atoms with Crippen molar-refractivity contribution in [3.8, 4) is 0 Å². The molecular formula is C12H10F2O2S. The van der Waals surface area contributed by atoms with Crippen molar-refractivity contribution in [2.45, 2.75) is 6.92 Å². The minimum atomic E-state index is -0.764. The fourth-order valence-electron chi connectivity index (χ4n) is 1.14. The molecule has 1 aromatic carbocycles. The van der Waals surface area contributed by atoms with Crippen LogP contribution in [-0.4, -0.2) is 17.2 Å². The number of halogens is 2. The predicted octanol–water partition coefficient (Wildman–Crippen LogP) is 3.07. The summed E-state index contributed by atoms with van der Waals surface area (Å²) in [6.07, 6.45) is 3.20. The van der Waals surface area contributed by atoms with Gasteiger partial charge < -0.3 is 0 Å². The molecule has 90 valence electrons. The van der Waals surface area contributed by atoms with Gasteiger partial charge in [-0.2, -0.15) is 0 Å². The highest BCUT2D eigenvalue weighted by Gasteiger charge is 2.07. The van der Waals surface area contributed by atoms with E-state index in [1.807, 2.05) is 0 Å². The van der Waals surface area contributed by atoms with Crippen molar-refractivity contribution in [2.24, 2.45) is 0 Å². The summed E-state index contributed by atoms with van der Waals surface area (Å²) in [6.45, 7) is 1.43. The Morgan fingerprint density at radius 2 is 1.88 bits per heavy atom. The van der Waals surface area contributed by atoms with Gasteiger partial charge in [0.15, 0.2) is 11.4 Å². The second kappa shape index (κ2) is 6.30. The van der Waals surface area contributed by atoms with Gasteiger partial charge in [0.1, 0.15) is 11.6 Å². The molecule has 0 heterocycles. The molecule has 0 atom stereocenters. The molecule has 0 aliphatic heterocycles. The van der Waals surface area contributed by atoms with Gasteiger partial charge in [-0.25, -0.2) is 8.78 Å². The first-order valence-corrected chi connectivity index (χ1v) is 5.77. The van der Waals surface area contributed by atoms with Crippen LogP contribution in [0.2, 0.25) is 0 Å². The standard InChI is InChI=1S/C12H10F2O2S/c1-8(16)17-4-2-3-9-5-12(14)10(7-15)6-11(9)13/h2-3,5-7H,4H2,1H3. The highest BCUT2D eigenvalue weighted by Crippen LogP contribution is 2.15. The molecule has 1 aromatic rings. The molecule has 0 bridgehead atoms. The van der Waals surface area contributed by atoms with Crippen LogP contribution in [0.25, 0.3) is 6.08 Å². The molecule has 0 aliphatic rings. The third-order valence-corrected chi connectivity index (χ3v) is 2.69. The van der Waals surface area contributed by atoms with Crippen LogP contribution in [0.4, 0.5) is 8.78 Å². The lowest BCUT2D eigenvalue weighted by atomic mass is 10.1. The highest BCUT2D eigenvalue weighted by atomic mass is 32.2. The van der Waals surface area contributed by atoms with E-state index in [0.29, 0.717) is 5.75 Å². The summed E-state index contributed by atoms with van der Waals surface area (Å²) >= 11 is 1.07. The van der Waals surface area contributed by atoms with Crippen LogP contribution in [0.15, 0.2) is 18.2 Å². The zero-order valence-corrected chi connectivity index (χ0v) is 9.89. The Hall–Kier alpha value is -1.49. The van der Waals surface area contributed by atoms with E-state index in [1.165, 1.54) is 13.0 Å². The normalized spacial score (nSPS) is 10.8. The number of carbonyl (C=O) groups excluding carboxylic acids is 2. The van der Waals surface area contributed by atoms with Crippen molar-refractivity contribution in [2.75, 3.05) is 5.75 Å². The number of benzene rings is 1. The number of hydrogen-bond donors (Lipinski definition) is 0. The summed E-state index contributed by atoms with van der Waals surface area (Å²) in [4.78, 5) is 21.0. The van der Waals surface area contributed by atoms with Crippen LogP contribution in [-0.2, 0) is 4.79 Å². The van der Waals surface area contributed by atoms with Gasteiger partial charge in [0.05, 0.1) is 5.56 Å². The number of rotatable bonds is 4. The summed E-state index contributed by atoms with van der Waals surface area (Å²) in [6, 6.07) is 1.80. The lowest BCUT2D eigenvalue weighted by Gasteiger charge is -2.00. The summed E-state index contributed by atoms with van der Waals surface area (Å²) in [5.41, 5.74) is -0.255. The van der Waals surface area contributed by atoms with Crippen molar-refractivity contribution in [3.63, 3.8) is 0 Å². The number of carbonyl (C=O) groups is 2. The Kier molecular flexibility index (Phi) is 5.03. The van der Waals surface area contributed by atoms with E-state index in [-0.39, 0.29) is 22.5 Å². The molecule has 0 amide bonds. The fraction of sp³-hybridized carbons (Fsp3) is 0.167. The van der Waals surface area contributed by atoms with Crippen LogP contribution < -0.4 is 0 Å². The first-order valence-electron chi connectivity index (χ1n) is 4.78. The van der Waals surface area contributed by atoms with Crippen LogP contribution in [0.1, 0.15) is 22.8 Å². The van der Waals surface area contributed by atoms with Crippen molar-refractivity contribution < 1.29 is 18.4 Å².